The molecule has 2 amide bonds. The third-order valence-corrected chi connectivity index (χ3v) is 3.57. The molecule has 0 bridgehead atoms. The lowest BCUT2D eigenvalue weighted by Crippen LogP contribution is -2.28. The minimum atomic E-state index is -0.965. The van der Waals surface area contributed by atoms with Gasteiger partial charge in [-0.15, -0.1) is 0 Å². The van der Waals surface area contributed by atoms with E-state index in [9.17, 15) is 14.4 Å². The van der Waals surface area contributed by atoms with Crippen molar-refractivity contribution in [2.75, 3.05) is 16.8 Å². The molecular weight excluding hydrogens is 284 g/mol. The predicted octanol–water partition coefficient (Wildman–Crippen LogP) is 2.11. The number of nitrogens with one attached hydrogen (secondary N) is 1. The first kappa shape index (κ1) is 16.0. The van der Waals surface area contributed by atoms with Gasteiger partial charge in [0.2, 0.25) is 11.8 Å². The van der Waals surface area contributed by atoms with Crippen molar-refractivity contribution in [3.8, 4) is 0 Å². The number of hydrogen-bond acceptors (Lipinski definition) is 3. The van der Waals surface area contributed by atoms with Gasteiger partial charge in [0, 0.05) is 29.8 Å². The molecule has 1 heterocycles. The van der Waals surface area contributed by atoms with Gasteiger partial charge in [-0.2, -0.15) is 0 Å². The second-order valence-electron chi connectivity index (χ2n) is 6.50. The molecule has 0 spiro atoms. The van der Waals surface area contributed by atoms with Gasteiger partial charge in [-0.25, -0.2) is 0 Å². The van der Waals surface area contributed by atoms with E-state index in [0.717, 1.165) is 0 Å². The van der Waals surface area contributed by atoms with E-state index in [-0.39, 0.29) is 24.8 Å². The van der Waals surface area contributed by atoms with Crippen LogP contribution in [0.5, 0.6) is 0 Å². The lowest BCUT2D eigenvalue weighted by molar-refractivity contribution is -0.141. The van der Waals surface area contributed by atoms with E-state index in [1.54, 1.807) is 24.3 Å². The molecule has 0 aromatic heterocycles. The Morgan fingerprint density at radius 1 is 1.32 bits per heavy atom. The van der Waals surface area contributed by atoms with Gasteiger partial charge in [0.15, 0.2) is 0 Å². The number of carbonyl (C=O) groups excluding carboxylic acids is 2. The summed E-state index contributed by atoms with van der Waals surface area (Å²) in [6.45, 7) is 5.60. The number of hydrogen-bond donors (Lipinski definition) is 2. The van der Waals surface area contributed by atoms with Gasteiger partial charge in [-0.05, 0) is 18.2 Å². The molecule has 0 radical (unpaired) electrons. The van der Waals surface area contributed by atoms with Gasteiger partial charge in [0.25, 0.3) is 0 Å². The first-order valence-electron chi connectivity index (χ1n) is 7.13. The number of rotatable bonds is 3. The Morgan fingerprint density at radius 2 is 2.00 bits per heavy atom. The number of carboxylic acid groups (broad SMARTS) is 1. The van der Waals surface area contributed by atoms with Crippen LogP contribution >= 0.6 is 0 Å². The predicted molar refractivity (Wildman–Crippen MR) is 82.6 cm³/mol. The van der Waals surface area contributed by atoms with Gasteiger partial charge in [0.1, 0.15) is 0 Å². The summed E-state index contributed by atoms with van der Waals surface area (Å²) < 4.78 is 0. The summed E-state index contributed by atoms with van der Waals surface area (Å²) in [6, 6.07) is 6.89. The van der Waals surface area contributed by atoms with Crippen molar-refractivity contribution in [3.63, 3.8) is 0 Å². The average molecular weight is 304 g/mol. The number of carbonyl (C=O) groups is 3. The smallest absolute Gasteiger partial charge is 0.308 e. The summed E-state index contributed by atoms with van der Waals surface area (Å²) in [4.78, 5) is 36.4. The van der Waals surface area contributed by atoms with E-state index in [1.165, 1.54) is 4.90 Å². The molecule has 118 valence electrons. The van der Waals surface area contributed by atoms with Gasteiger partial charge < -0.3 is 15.3 Å². The number of aliphatic carboxylic acids is 1. The van der Waals surface area contributed by atoms with Crippen LogP contribution in [0.1, 0.15) is 27.2 Å². The summed E-state index contributed by atoms with van der Waals surface area (Å²) in [5.74, 6) is -1.99. The van der Waals surface area contributed by atoms with Crippen LogP contribution in [-0.2, 0) is 14.4 Å². The summed E-state index contributed by atoms with van der Waals surface area (Å²) in [6.07, 6.45) is 0.00785. The minimum absolute atomic E-state index is 0.00785. The maximum Gasteiger partial charge on any atom is 0.308 e. The number of carboxylic acids is 1. The Balaban J connectivity index is 2.17. The van der Waals surface area contributed by atoms with Crippen LogP contribution in [0.3, 0.4) is 0 Å². The average Bonchev–Trinajstić information content (AvgIpc) is 2.80. The molecule has 6 heteroatoms. The highest BCUT2D eigenvalue weighted by Gasteiger charge is 2.35. The topological polar surface area (TPSA) is 86.7 Å². The Labute approximate surface area is 129 Å². The van der Waals surface area contributed by atoms with Crippen LogP contribution in [0.25, 0.3) is 0 Å². The molecule has 2 N–H and O–H groups in total. The Morgan fingerprint density at radius 3 is 2.55 bits per heavy atom. The second kappa shape index (κ2) is 5.79. The maximum absolute atomic E-state index is 12.0. The molecule has 1 aliphatic rings. The molecule has 0 unspecified atom stereocenters. The van der Waals surface area contributed by atoms with Gasteiger partial charge in [0.05, 0.1) is 5.92 Å². The van der Waals surface area contributed by atoms with Crippen molar-refractivity contribution in [3.05, 3.63) is 24.3 Å². The molecule has 1 fully saturated rings. The Kier molecular flexibility index (Phi) is 4.21. The second-order valence-corrected chi connectivity index (χ2v) is 6.50. The molecule has 1 saturated heterocycles. The molecular formula is C16H20N2O4. The normalized spacial score (nSPS) is 18.4. The van der Waals surface area contributed by atoms with Crippen molar-refractivity contribution in [2.45, 2.75) is 27.2 Å². The van der Waals surface area contributed by atoms with E-state index < -0.39 is 17.3 Å². The molecule has 1 aromatic rings. The number of anilines is 2. The monoisotopic (exact) mass is 304 g/mol. The Bertz CT molecular complexity index is 619. The fourth-order valence-corrected chi connectivity index (χ4v) is 2.19. The first-order valence-corrected chi connectivity index (χ1v) is 7.13. The maximum atomic E-state index is 12.0. The van der Waals surface area contributed by atoms with E-state index in [1.807, 2.05) is 20.8 Å². The quantitative estimate of drug-likeness (QED) is 0.895. The lowest BCUT2D eigenvalue weighted by atomic mass is 9.95. The fourth-order valence-electron chi connectivity index (χ4n) is 2.19. The van der Waals surface area contributed by atoms with E-state index in [4.69, 9.17) is 5.11 Å². The summed E-state index contributed by atoms with van der Waals surface area (Å²) in [7, 11) is 0. The number of benzene rings is 1. The van der Waals surface area contributed by atoms with Crippen molar-refractivity contribution >= 4 is 29.2 Å². The molecule has 1 atom stereocenters. The highest BCUT2D eigenvalue weighted by molar-refractivity contribution is 6.00. The van der Waals surface area contributed by atoms with Crippen LogP contribution < -0.4 is 10.2 Å². The van der Waals surface area contributed by atoms with Crippen LogP contribution in [0.4, 0.5) is 11.4 Å². The summed E-state index contributed by atoms with van der Waals surface area (Å²) in [5, 5.41) is 11.8. The van der Waals surface area contributed by atoms with Crippen LogP contribution in [-0.4, -0.2) is 29.4 Å². The minimum Gasteiger partial charge on any atom is -0.481 e. The van der Waals surface area contributed by atoms with Crippen LogP contribution in [0.2, 0.25) is 0 Å². The zero-order valence-electron chi connectivity index (χ0n) is 12.9. The van der Waals surface area contributed by atoms with E-state index >= 15 is 0 Å². The zero-order valence-corrected chi connectivity index (χ0v) is 12.9. The standard InChI is InChI=1S/C16H20N2O4/c1-16(2,3)15(22)17-11-5-4-6-12(8-11)18-9-10(14(20)21)7-13(18)19/h4-6,8,10H,7,9H2,1-3H3,(H,17,22)(H,20,21)/t10-/m0/s1. The van der Waals surface area contributed by atoms with Crippen molar-refractivity contribution in [1.82, 2.24) is 0 Å². The molecule has 1 aromatic carbocycles. The van der Waals surface area contributed by atoms with E-state index in [0.29, 0.717) is 11.4 Å². The highest BCUT2D eigenvalue weighted by atomic mass is 16.4. The zero-order chi connectivity index (χ0) is 16.5. The number of nitrogens with zero attached hydrogens (tertiary/aromatic N) is 1. The first-order chi connectivity index (χ1) is 10.2. The van der Waals surface area contributed by atoms with Crippen LogP contribution in [0, 0.1) is 11.3 Å². The lowest BCUT2D eigenvalue weighted by Gasteiger charge is -2.20. The van der Waals surface area contributed by atoms with Crippen molar-refractivity contribution < 1.29 is 19.5 Å². The number of amides is 2. The van der Waals surface area contributed by atoms with Crippen molar-refractivity contribution in [2.24, 2.45) is 11.3 Å². The molecule has 1 aliphatic heterocycles. The fraction of sp³-hybridized carbons (Fsp3) is 0.438. The molecule has 0 saturated carbocycles. The largest absolute Gasteiger partial charge is 0.481 e. The third kappa shape index (κ3) is 3.44. The molecule has 22 heavy (non-hydrogen) atoms. The Hall–Kier alpha value is -2.37. The van der Waals surface area contributed by atoms with Crippen LogP contribution in [0.15, 0.2) is 24.3 Å². The molecule has 2 rings (SSSR count). The summed E-state index contributed by atoms with van der Waals surface area (Å²) >= 11 is 0. The van der Waals surface area contributed by atoms with Gasteiger partial charge >= 0.3 is 5.97 Å². The molecule has 6 nitrogen and oxygen atoms in total. The molecule has 0 aliphatic carbocycles. The highest BCUT2D eigenvalue weighted by Crippen LogP contribution is 2.28. The third-order valence-electron chi connectivity index (χ3n) is 3.57. The van der Waals surface area contributed by atoms with Crippen molar-refractivity contribution in [1.29, 1.82) is 0 Å². The van der Waals surface area contributed by atoms with Gasteiger partial charge in [-0.1, -0.05) is 26.8 Å². The SMILES string of the molecule is CC(C)(C)C(=O)Nc1cccc(N2C[C@@H](C(=O)O)CC2=O)c1. The summed E-state index contributed by atoms with van der Waals surface area (Å²) in [5.41, 5.74) is 0.665. The van der Waals surface area contributed by atoms with E-state index in [2.05, 4.69) is 5.32 Å². The van der Waals surface area contributed by atoms with Gasteiger partial charge in [-0.3, -0.25) is 14.4 Å².